The number of anilines is 1. The monoisotopic (exact) mass is 538 g/mol. The number of hydrogen-bond acceptors (Lipinski definition) is 5. The Morgan fingerprint density at radius 1 is 1.26 bits per heavy atom. The standard InChI is InChI=1S/C27H31BrN4O3/c1-27(2)9-7-20(23(28)14-27)16-31-11-12-32(21-5-3-18(4-6-21)26(33)34)24(17-31)35-22-13-19-8-10-29-25(19)30-15-22/h3-6,8,10,13,15,24H,7,9,11-12,14,16-17H2,1-2H3,(H,29,30)(H,33,34). The van der Waals surface area contributed by atoms with Crippen LogP contribution < -0.4 is 9.64 Å². The number of benzene rings is 1. The molecule has 5 rings (SSSR count). The number of carboxylic acids is 1. The molecule has 0 amide bonds. The van der Waals surface area contributed by atoms with Gasteiger partial charge in [-0.05, 0) is 71.1 Å². The molecule has 8 heteroatoms. The Morgan fingerprint density at radius 3 is 2.80 bits per heavy atom. The lowest BCUT2D eigenvalue weighted by atomic mass is 9.78. The van der Waals surface area contributed by atoms with E-state index in [2.05, 4.69) is 49.5 Å². The summed E-state index contributed by atoms with van der Waals surface area (Å²) in [6, 6.07) is 11.0. The number of rotatable bonds is 6. The van der Waals surface area contributed by atoms with E-state index in [1.807, 2.05) is 30.5 Å². The van der Waals surface area contributed by atoms with Crippen LogP contribution in [0.5, 0.6) is 5.75 Å². The first kappa shape index (κ1) is 23.9. The van der Waals surface area contributed by atoms with Crippen LogP contribution in [0.2, 0.25) is 0 Å². The number of allylic oxidation sites excluding steroid dienone is 1. The summed E-state index contributed by atoms with van der Waals surface area (Å²) in [6.07, 6.45) is 6.81. The van der Waals surface area contributed by atoms with Crippen molar-refractivity contribution in [3.63, 3.8) is 0 Å². The zero-order chi connectivity index (χ0) is 24.6. The van der Waals surface area contributed by atoms with E-state index in [9.17, 15) is 9.90 Å². The zero-order valence-corrected chi connectivity index (χ0v) is 21.7. The van der Waals surface area contributed by atoms with E-state index >= 15 is 0 Å². The van der Waals surface area contributed by atoms with Crippen molar-refractivity contribution in [1.82, 2.24) is 14.9 Å². The van der Waals surface area contributed by atoms with Crippen molar-refractivity contribution in [2.75, 3.05) is 31.1 Å². The van der Waals surface area contributed by atoms with Gasteiger partial charge >= 0.3 is 5.97 Å². The normalized spacial score (nSPS) is 20.9. The highest BCUT2D eigenvalue weighted by molar-refractivity contribution is 9.11. The maximum atomic E-state index is 11.3. The largest absolute Gasteiger partial charge is 0.478 e. The van der Waals surface area contributed by atoms with E-state index < -0.39 is 5.97 Å². The fourth-order valence-corrected chi connectivity index (χ4v) is 6.06. The van der Waals surface area contributed by atoms with Crippen LogP contribution in [0.1, 0.15) is 43.5 Å². The minimum atomic E-state index is -0.922. The zero-order valence-electron chi connectivity index (χ0n) is 20.1. The molecule has 0 spiro atoms. The summed E-state index contributed by atoms with van der Waals surface area (Å²) < 4.78 is 7.87. The lowest BCUT2D eigenvalue weighted by molar-refractivity contribution is 0.0697. The van der Waals surface area contributed by atoms with Crippen molar-refractivity contribution in [3.8, 4) is 5.75 Å². The van der Waals surface area contributed by atoms with Gasteiger partial charge in [0, 0.05) is 36.9 Å². The summed E-state index contributed by atoms with van der Waals surface area (Å²) in [5.41, 5.74) is 3.90. The number of H-pyrrole nitrogens is 1. The molecule has 1 unspecified atom stereocenters. The summed E-state index contributed by atoms with van der Waals surface area (Å²) in [4.78, 5) is 23.6. The van der Waals surface area contributed by atoms with Gasteiger partial charge in [-0.1, -0.05) is 29.8 Å². The van der Waals surface area contributed by atoms with Crippen LogP contribution in [0, 0.1) is 5.41 Å². The third-order valence-corrected chi connectivity index (χ3v) is 7.89. The van der Waals surface area contributed by atoms with Gasteiger partial charge in [-0.3, -0.25) is 4.90 Å². The first-order chi connectivity index (χ1) is 16.8. The number of ether oxygens (including phenoxy) is 1. The van der Waals surface area contributed by atoms with Crippen LogP contribution in [0.25, 0.3) is 11.0 Å². The molecular weight excluding hydrogens is 508 g/mol. The lowest BCUT2D eigenvalue weighted by Gasteiger charge is -2.43. The molecule has 2 aliphatic rings. The van der Waals surface area contributed by atoms with Gasteiger partial charge in [-0.25, -0.2) is 9.78 Å². The van der Waals surface area contributed by atoms with Crippen molar-refractivity contribution in [2.24, 2.45) is 5.41 Å². The molecule has 1 aliphatic carbocycles. The van der Waals surface area contributed by atoms with Gasteiger partial charge in [0.15, 0.2) is 6.23 Å². The fraction of sp³-hybridized carbons (Fsp3) is 0.407. The highest BCUT2D eigenvalue weighted by Gasteiger charge is 2.32. The highest BCUT2D eigenvalue weighted by Crippen LogP contribution is 2.41. The second-order valence-electron chi connectivity index (χ2n) is 10.3. The number of pyridine rings is 1. The summed E-state index contributed by atoms with van der Waals surface area (Å²) in [5.74, 6) is -0.203. The molecule has 1 fully saturated rings. The molecule has 1 aromatic carbocycles. The molecule has 35 heavy (non-hydrogen) atoms. The van der Waals surface area contributed by atoms with E-state index in [4.69, 9.17) is 4.74 Å². The minimum Gasteiger partial charge on any atom is -0.478 e. The first-order valence-electron chi connectivity index (χ1n) is 12.1. The quantitative estimate of drug-likeness (QED) is 0.422. The van der Waals surface area contributed by atoms with Crippen LogP contribution in [0.3, 0.4) is 0 Å². The van der Waals surface area contributed by atoms with Gasteiger partial charge in [0.05, 0.1) is 18.3 Å². The van der Waals surface area contributed by atoms with Crippen LogP contribution in [-0.2, 0) is 0 Å². The first-order valence-corrected chi connectivity index (χ1v) is 12.9. The molecule has 3 heterocycles. The second kappa shape index (κ2) is 9.66. The number of hydrogen-bond donors (Lipinski definition) is 2. The summed E-state index contributed by atoms with van der Waals surface area (Å²) in [6.45, 7) is 8.02. The van der Waals surface area contributed by atoms with E-state index in [0.29, 0.717) is 5.41 Å². The van der Waals surface area contributed by atoms with Gasteiger partial charge in [0.25, 0.3) is 0 Å². The van der Waals surface area contributed by atoms with Crippen LogP contribution in [-0.4, -0.2) is 58.4 Å². The van der Waals surface area contributed by atoms with Gasteiger partial charge in [0.2, 0.25) is 0 Å². The molecule has 1 saturated heterocycles. The molecule has 184 valence electrons. The molecular formula is C27H31BrN4O3. The number of fused-ring (bicyclic) bond motifs is 1. The number of aromatic amines is 1. The topological polar surface area (TPSA) is 81.7 Å². The molecule has 2 N–H and O–H groups in total. The maximum absolute atomic E-state index is 11.3. The Kier molecular flexibility index (Phi) is 6.59. The number of carboxylic acid groups (broad SMARTS) is 1. The van der Waals surface area contributed by atoms with Gasteiger partial charge in [-0.15, -0.1) is 0 Å². The van der Waals surface area contributed by atoms with E-state index in [1.54, 1.807) is 18.3 Å². The second-order valence-corrected chi connectivity index (χ2v) is 11.2. The number of aromatic carboxylic acids is 1. The fourth-order valence-electron chi connectivity index (χ4n) is 4.97. The smallest absolute Gasteiger partial charge is 0.335 e. The van der Waals surface area contributed by atoms with Crippen molar-refractivity contribution in [2.45, 2.75) is 39.3 Å². The third kappa shape index (κ3) is 5.38. The summed E-state index contributed by atoms with van der Waals surface area (Å²) >= 11 is 3.86. The number of halogens is 1. The molecule has 0 radical (unpaired) electrons. The van der Waals surface area contributed by atoms with Gasteiger partial charge < -0.3 is 19.7 Å². The minimum absolute atomic E-state index is 0.225. The summed E-state index contributed by atoms with van der Waals surface area (Å²) in [7, 11) is 0. The Labute approximate surface area is 213 Å². The Morgan fingerprint density at radius 2 is 2.06 bits per heavy atom. The molecule has 2 aromatic heterocycles. The molecule has 0 bridgehead atoms. The predicted octanol–water partition coefficient (Wildman–Crippen LogP) is 5.65. The van der Waals surface area contributed by atoms with Crippen molar-refractivity contribution >= 4 is 38.6 Å². The Hall–Kier alpha value is -2.84. The number of piperazine rings is 1. The number of nitrogens with one attached hydrogen (secondary N) is 1. The number of nitrogens with zero attached hydrogens (tertiary/aromatic N) is 3. The maximum Gasteiger partial charge on any atom is 0.335 e. The Bertz CT molecular complexity index is 1250. The molecule has 3 aromatic rings. The SMILES string of the molecule is CC1(C)CCC(CN2CCN(c3ccc(C(=O)O)cc3)C(Oc3cnc4[nH]ccc4c3)C2)=C(Br)C1. The highest BCUT2D eigenvalue weighted by atomic mass is 79.9. The van der Waals surface area contributed by atoms with E-state index in [-0.39, 0.29) is 11.8 Å². The van der Waals surface area contributed by atoms with Crippen molar-refractivity contribution in [1.29, 1.82) is 0 Å². The van der Waals surface area contributed by atoms with Crippen molar-refractivity contribution < 1.29 is 14.6 Å². The van der Waals surface area contributed by atoms with Gasteiger partial charge in [0.1, 0.15) is 11.4 Å². The molecule has 1 atom stereocenters. The van der Waals surface area contributed by atoms with Crippen LogP contribution in [0.4, 0.5) is 5.69 Å². The van der Waals surface area contributed by atoms with Crippen LogP contribution >= 0.6 is 15.9 Å². The van der Waals surface area contributed by atoms with Crippen LogP contribution in [0.15, 0.2) is 58.8 Å². The summed E-state index contributed by atoms with van der Waals surface area (Å²) in [5, 5.41) is 10.3. The molecule has 0 saturated carbocycles. The van der Waals surface area contributed by atoms with Gasteiger partial charge in [-0.2, -0.15) is 0 Å². The average molecular weight is 539 g/mol. The predicted molar refractivity (Wildman–Crippen MR) is 141 cm³/mol. The molecule has 1 aliphatic heterocycles. The van der Waals surface area contributed by atoms with E-state index in [0.717, 1.165) is 61.5 Å². The average Bonchev–Trinajstić information content (AvgIpc) is 3.29. The lowest BCUT2D eigenvalue weighted by Crippen LogP contribution is -2.56. The molecule has 7 nitrogen and oxygen atoms in total. The number of carbonyl (C=O) groups is 1. The number of aromatic nitrogens is 2. The third-order valence-electron chi connectivity index (χ3n) is 7.05. The Balaban J connectivity index is 1.37. The van der Waals surface area contributed by atoms with E-state index in [1.165, 1.54) is 16.5 Å². The van der Waals surface area contributed by atoms with Crippen molar-refractivity contribution in [3.05, 3.63) is 64.4 Å².